The third kappa shape index (κ3) is 5.33. The molecule has 3 aromatic carbocycles. The van der Waals surface area contributed by atoms with Gasteiger partial charge in [-0.2, -0.15) is 4.98 Å². The van der Waals surface area contributed by atoms with Gasteiger partial charge < -0.3 is 9.47 Å². The van der Waals surface area contributed by atoms with Gasteiger partial charge in [-0.3, -0.25) is 0 Å². The van der Waals surface area contributed by atoms with Crippen LogP contribution in [-0.2, 0) is 13.2 Å². The first-order chi connectivity index (χ1) is 15.2. The summed E-state index contributed by atoms with van der Waals surface area (Å²) in [4.78, 5) is 4.66. The molecule has 0 amide bonds. The maximum absolute atomic E-state index is 6.28. The van der Waals surface area contributed by atoms with Crippen molar-refractivity contribution >= 4 is 17.7 Å². The molecule has 0 aliphatic heterocycles. The van der Waals surface area contributed by atoms with Crippen molar-refractivity contribution in [2.75, 3.05) is 0 Å². The van der Waals surface area contributed by atoms with E-state index in [1.54, 1.807) is 6.08 Å². The lowest BCUT2D eigenvalue weighted by molar-refractivity contribution is 0.268. The molecule has 154 valence electrons. The highest BCUT2D eigenvalue weighted by Crippen LogP contribution is 2.35. The zero-order chi connectivity index (χ0) is 21.5. The normalized spacial score (nSPS) is 10.5. The zero-order valence-electron chi connectivity index (χ0n) is 17.0. The van der Waals surface area contributed by atoms with Crippen LogP contribution in [0.25, 0.3) is 17.2 Å². The minimum absolute atomic E-state index is 0.396. The fourth-order valence-electron chi connectivity index (χ4n) is 3.22. The predicted octanol–water partition coefficient (Wildman–Crippen LogP) is 7.20. The van der Waals surface area contributed by atoms with Crippen LogP contribution >= 0.6 is 11.6 Å². The third-order valence-electron chi connectivity index (χ3n) is 4.81. The number of hydrogen-bond acceptors (Lipinski definition) is 3. The van der Waals surface area contributed by atoms with Gasteiger partial charge >= 0.3 is 0 Å². The number of nitrogens with zero attached hydrogens (tertiary/aromatic N) is 1. The van der Waals surface area contributed by atoms with Crippen molar-refractivity contribution in [2.45, 2.75) is 13.2 Å². The first kappa shape index (κ1) is 20.7. The molecule has 1 heterocycles. The Balaban J connectivity index is 1.66. The van der Waals surface area contributed by atoms with E-state index in [0.29, 0.717) is 30.0 Å². The van der Waals surface area contributed by atoms with Gasteiger partial charge in [0.05, 0.1) is 0 Å². The van der Waals surface area contributed by atoms with E-state index in [9.17, 15) is 0 Å². The molecule has 0 bridgehead atoms. The monoisotopic (exact) mass is 427 g/mol. The van der Waals surface area contributed by atoms with Gasteiger partial charge in [0.25, 0.3) is 0 Å². The van der Waals surface area contributed by atoms with Crippen molar-refractivity contribution < 1.29 is 9.47 Å². The standard InChI is InChI=1S/C27H22ClNO2/c1-2-22-13-14-23(28)17-25(22)24-15-16-26(30-18-20-9-5-3-6-10-20)29-27(24)31-19-21-11-7-4-8-12-21/h2-17H,1,18-19H2. The highest BCUT2D eigenvalue weighted by atomic mass is 35.5. The highest BCUT2D eigenvalue weighted by molar-refractivity contribution is 6.31. The van der Waals surface area contributed by atoms with Crippen molar-refractivity contribution in [1.82, 2.24) is 4.98 Å². The maximum Gasteiger partial charge on any atom is 0.225 e. The number of pyridine rings is 1. The molecule has 31 heavy (non-hydrogen) atoms. The van der Waals surface area contributed by atoms with Crippen LogP contribution in [0.5, 0.6) is 11.8 Å². The summed E-state index contributed by atoms with van der Waals surface area (Å²) in [6.07, 6.45) is 1.80. The number of benzene rings is 3. The summed E-state index contributed by atoms with van der Waals surface area (Å²) in [5, 5.41) is 0.638. The molecule has 4 aromatic rings. The van der Waals surface area contributed by atoms with Crippen LogP contribution in [-0.4, -0.2) is 4.98 Å². The molecule has 0 N–H and O–H groups in total. The molecule has 0 atom stereocenters. The summed E-state index contributed by atoms with van der Waals surface area (Å²) in [7, 11) is 0. The Morgan fingerprint density at radius 3 is 2.03 bits per heavy atom. The Morgan fingerprint density at radius 2 is 1.39 bits per heavy atom. The summed E-state index contributed by atoms with van der Waals surface area (Å²) in [5.74, 6) is 0.984. The Hall–Kier alpha value is -3.56. The van der Waals surface area contributed by atoms with E-state index in [0.717, 1.165) is 27.8 Å². The second-order valence-corrected chi connectivity index (χ2v) is 7.42. The van der Waals surface area contributed by atoms with Crippen LogP contribution in [0.3, 0.4) is 0 Å². The summed E-state index contributed by atoms with van der Waals surface area (Å²) in [5.41, 5.74) is 4.83. The smallest absolute Gasteiger partial charge is 0.225 e. The van der Waals surface area contributed by atoms with E-state index in [2.05, 4.69) is 11.6 Å². The molecule has 0 unspecified atom stereocenters. The second-order valence-electron chi connectivity index (χ2n) is 6.99. The Kier molecular flexibility index (Phi) is 6.65. The molecule has 0 saturated carbocycles. The first-order valence-corrected chi connectivity index (χ1v) is 10.4. The van der Waals surface area contributed by atoms with E-state index >= 15 is 0 Å². The Bertz CT molecular complexity index is 1160. The van der Waals surface area contributed by atoms with Gasteiger partial charge in [-0.1, -0.05) is 91.0 Å². The molecule has 0 aliphatic rings. The van der Waals surface area contributed by atoms with E-state index in [-0.39, 0.29) is 0 Å². The lowest BCUT2D eigenvalue weighted by atomic mass is 10.0. The maximum atomic E-state index is 6.28. The minimum atomic E-state index is 0.396. The number of rotatable bonds is 8. The second kappa shape index (κ2) is 9.96. The van der Waals surface area contributed by atoms with Crippen LogP contribution in [0.15, 0.2) is 97.6 Å². The fraction of sp³-hybridized carbons (Fsp3) is 0.0741. The van der Waals surface area contributed by atoms with Crippen LogP contribution in [0.2, 0.25) is 5.02 Å². The molecule has 0 spiro atoms. The zero-order valence-corrected chi connectivity index (χ0v) is 17.8. The van der Waals surface area contributed by atoms with Crippen LogP contribution in [0.1, 0.15) is 16.7 Å². The molecule has 4 rings (SSSR count). The summed E-state index contributed by atoms with van der Waals surface area (Å²) >= 11 is 6.28. The lowest BCUT2D eigenvalue weighted by Gasteiger charge is -2.15. The largest absolute Gasteiger partial charge is 0.473 e. The van der Waals surface area contributed by atoms with Gasteiger partial charge in [-0.15, -0.1) is 0 Å². The quantitative estimate of drug-likeness (QED) is 0.298. The number of halogens is 1. The van der Waals surface area contributed by atoms with Crippen molar-refractivity contribution in [3.05, 3.63) is 119 Å². The highest BCUT2D eigenvalue weighted by Gasteiger charge is 2.14. The SMILES string of the molecule is C=Cc1ccc(Cl)cc1-c1ccc(OCc2ccccc2)nc1OCc1ccccc1. The van der Waals surface area contributed by atoms with E-state index in [1.165, 1.54) is 0 Å². The Morgan fingerprint density at radius 1 is 0.742 bits per heavy atom. The molecule has 0 radical (unpaired) electrons. The van der Waals surface area contributed by atoms with Crippen LogP contribution < -0.4 is 9.47 Å². The molecule has 0 aliphatic carbocycles. The summed E-state index contributed by atoms with van der Waals surface area (Å²) in [6.45, 7) is 4.75. The molecular weight excluding hydrogens is 406 g/mol. The number of aromatic nitrogens is 1. The topological polar surface area (TPSA) is 31.4 Å². The van der Waals surface area contributed by atoms with Crippen LogP contribution in [0, 0.1) is 0 Å². The number of ether oxygens (including phenoxy) is 2. The molecule has 1 aromatic heterocycles. The van der Waals surface area contributed by atoms with Crippen molar-refractivity contribution in [1.29, 1.82) is 0 Å². The molecule has 4 heteroatoms. The van der Waals surface area contributed by atoms with E-state index in [4.69, 9.17) is 21.1 Å². The van der Waals surface area contributed by atoms with Crippen molar-refractivity contribution in [2.24, 2.45) is 0 Å². The summed E-state index contributed by atoms with van der Waals surface area (Å²) in [6, 6.07) is 29.5. The first-order valence-electron chi connectivity index (χ1n) is 10.00. The molecule has 0 saturated heterocycles. The van der Waals surface area contributed by atoms with Gasteiger partial charge in [0.1, 0.15) is 13.2 Å². The van der Waals surface area contributed by atoms with Gasteiger partial charge in [0.2, 0.25) is 11.8 Å². The summed E-state index contributed by atoms with van der Waals surface area (Å²) < 4.78 is 12.1. The lowest BCUT2D eigenvalue weighted by Crippen LogP contribution is -2.02. The van der Waals surface area contributed by atoms with Gasteiger partial charge in [0, 0.05) is 16.7 Å². The Labute approximate surface area is 187 Å². The molecule has 0 fully saturated rings. The fourth-order valence-corrected chi connectivity index (χ4v) is 3.39. The third-order valence-corrected chi connectivity index (χ3v) is 5.04. The predicted molar refractivity (Wildman–Crippen MR) is 126 cm³/mol. The minimum Gasteiger partial charge on any atom is -0.473 e. The average Bonchev–Trinajstić information content (AvgIpc) is 2.83. The average molecular weight is 428 g/mol. The van der Waals surface area contributed by atoms with Crippen molar-refractivity contribution in [3.63, 3.8) is 0 Å². The van der Waals surface area contributed by atoms with Gasteiger partial charge in [-0.05, 0) is 40.5 Å². The molecular formula is C27H22ClNO2. The molecule has 3 nitrogen and oxygen atoms in total. The van der Waals surface area contributed by atoms with Crippen LogP contribution in [0.4, 0.5) is 0 Å². The van der Waals surface area contributed by atoms with E-state index in [1.807, 2.05) is 91.0 Å². The van der Waals surface area contributed by atoms with Gasteiger partial charge in [-0.25, -0.2) is 0 Å². The van der Waals surface area contributed by atoms with Gasteiger partial charge in [0.15, 0.2) is 0 Å². The number of hydrogen-bond donors (Lipinski definition) is 0. The van der Waals surface area contributed by atoms with E-state index < -0.39 is 0 Å². The van der Waals surface area contributed by atoms with Crippen molar-refractivity contribution in [3.8, 4) is 22.9 Å².